The molecule has 2 amide bonds. The summed E-state index contributed by atoms with van der Waals surface area (Å²) in [5.41, 5.74) is 0.770. The predicted molar refractivity (Wildman–Crippen MR) is 134 cm³/mol. The fourth-order valence-corrected chi connectivity index (χ4v) is 3.75. The molecule has 0 aliphatic rings. The number of amides is 2. The van der Waals surface area contributed by atoms with Crippen LogP contribution in [0.15, 0.2) is 60.7 Å². The van der Waals surface area contributed by atoms with Crippen LogP contribution in [0.1, 0.15) is 32.8 Å². The largest absolute Gasteiger partial charge is 0.483 e. The average molecular weight is 487 g/mol. The van der Waals surface area contributed by atoms with Crippen LogP contribution in [0.25, 0.3) is 10.8 Å². The molecule has 3 rings (SSSR count). The molecular formula is C26H28Cl2N2O3. The van der Waals surface area contributed by atoms with Crippen molar-refractivity contribution in [3.8, 4) is 5.75 Å². The molecule has 0 radical (unpaired) electrons. The van der Waals surface area contributed by atoms with Crippen LogP contribution in [0, 0.1) is 0 Å². The summed E-state index contributed by atoms with van der Waals surface area (Å²) in [5.74, 6) is 0.0939. The van der Waals surface area contributed by atoms with Gasteiger partial charge in [0.25, 0.3) is 5.91 Å². The Kier molecular flexibility index (Phi) is 8.59. The molecule has 174 valence electrons. The first kappa shape index (κ1) is 24.9. The molecule has 1 N–H and O–H groups in total. The highest BCUT2D eigenvalue weighted by Crippen LogP contribution is 2.26. The van der Waals surface area contributed by atoms with Gasteiger partial charge in [-0.15, -0.1) is 0 Å². The van der Waals surface area contributed by atoms with Crippen molar-refractivity contribution in [1.29, 1.82) is 0 Å². The van der Waals surface area contributed by atoms with Crippen LogP contribution in [0.3, 0.4) is 0 Å². The second kappa shape index (κ2) is 11.4. The minimum Gasteiger partial charge on any atom is -0.483 e. The van der Waals surface area contributed by atoms with E-state index in [0.29, 0.717) is 15.8 Å². The summed E-state index contributed by atoms with van der Waals surface area (Å²) in [7, 11) is 0. The predicted octanol–water partition coefficient (Wildman–Crippen LogP) is 5.86. The number of nitrogens with one attached hydrogen (secondary N) is 1. The normalized spacial score (nSPS) is 12.8. The van der Waals surface area contributed by atoms with E-state index in [2.05, 4.69) is 5.32 Å². The van der Waals surface area contributed by atoms with E-state index in [0.717, 1.165) is 22.8 Å². The molecule has 2 unspecified atom stereocenters. The molecule has 0 fully saturated rings. The van der Waals surface area contributed by atoms with Crippen LogP contribution in [-0.2, 0) is 16.1 Å². The molecule has 5 nitrogen and oxygen atoms in total. The van der Waals surface area contributed by atoms with E-state index in [1.807, 2.05) is 56.3 Å². The lowest BCUT2D eigenvalue weighted by molar-refractivity contribution is -0.142. The molecule has 0 aliphatic heterocycles. The Morgan fingerprint density at radius 1 is 1.00 bits per heavy atom. The Hall–Kier alpha value is -2.76. The molecule has 2 atom stereocenters. The zero-order valence-electron chi connectivity index (χ0n) is 19.0. The Morgan fingerprint density at radius 2 is 1.73 bits per heavy atom. The third-order valence-electron chi connectivity index (χ3n) is 5.61. The lowest BCUT2D eigenvalue weighted by Crippen LogP contribution is -2.50. The van der Waals surface area contributed by atoms with Crippen LogP contribution in [0.5, 0.6) is 5.75 Å². The number of nitrogens with zero attached hydrogens (tertiary/aromatic N) is 1. The average Bonchev–Trinajstić information content (AvgIpc) is 2.82. The maximum Gasteiger partial charge on any atom is 0.261 e. The topological polar surface area (TPSA) is 58.6 Å². The van der Waals surface area contributed by atoms with Gasteiger partial charge in [-0.25, -0.2) is 0 Å². The van der Waals surface area contributed by atoms with Crippen molar-refractivity contribution in [2.45, 2.75) is 45.8 Å². The zero-order valence-corrected chi connectivity index (χ0v) is 20.5. The maximum atomic E-state index is 13.3. The zero-order chi connectivity index (χ0) is 24.0. The molecule has 3 aromatic carbocycles. The monoisotopic (exact) mass is 486 g/mol. The van der Waals surface area contributed by atoms with Crippen molar-refractivity contribution in [3.63, 3.8) is 0 Å². The molecular weight excluding hydrogens is 459 g/mol. The maximum absolute atomic E-state index is 13.3. The number of benzene rings is 3. The molecule has 0 bridgehead atoms. The second-order valence-electron chi connectivity index (χ2n) is 8.03. The van der Waals surface area contributed by atoms with Crippen LogP contribution in [0.4, 0.5) is 0 Å². The third-order valence-corrected chi connectivity index (χ3v) is 6.35. The first-order chi connectivity index (χ1) is 15.8. The molecule has 0 saturated carbocycles. The standard InChI is InChI=1S/C26H28Cl2N2O3/c1-4-17(2)29-26(32)18(3)30(15-19-12-13-22(27)23(28)14-19)25(31)16-33-24-11-7-9-20-8-5-6-10-21(20)24/h5-14,17-18H,4,15-16H2,1-3H3,(H,29,32). The molecule has 3 aromatic rings. The Morgan fingerprint density at radius 3 is 2.45 bits per heavy atom. The fraction of sp³-hybridized carbons (Fsp3) is 0.308. The van der Waals surface area contributed by atoms with E-state index >= 15 is 0 Å². The molecule has 7 heteroatoms. The molecule has 33 heavy (non-hydrogen) atoms. The molecule has 0 aliphatic carbocycles. The minimum atomic E-state index is -0.697. The highest BCUT2D eigenvalue weighted by molar-refractivity contribution is 6.42. The van der Waals surface area contributed by atoms with Gasteiger partial charge in [-0.1, -0.05) is 72.6 Å². The van der Waals surface area contributed by atoms with Crippen molar-refractivity contribution < 1.29 is 14.3 Å². The summed E-state index contributed by atoms with van der Waals surface area (Å²) in [6, 6.07) is 18.0. The molecule has 0 saturated heterocycles. The van der Waals surface area contributed by atoms with Gasteiger partial charge in [0.2, 0.25) is 5.91 Å². The summed E-state index contributed by atoms with van der Waals surface area (Å²) < 4.78 is 5.90. The lowest BCUT2D eigenvalue weighted by atomic mass is 10.1. The van der Waals surface area contributed by atoms with Gasteiger partial charge < -0.3 is 15.0 Å². The number of rotatable bonds is 9. The van der Waals surface area contributed by atoms with Gasteiger partial charge >= 0.3 is 0 Å². The van der Waals surface area contributed by atoms with Crippen LogP contribution in [-0.4, -0.2) is 35.4 Å². The van der Waals surface area contributed by atoms with E-state index < -0.39 is 6.04 Å². The molecule has 0 spiro atoms. The number of hydrogen-bond acceptors (Lipinski definition) is 3. The SMILES string of the molecule is CCC(C)NC(=O)C(C)N(Cc1ccc(Cl)c(Cl)c1)C(=O)COc1cccc2ccccc12. The van der Waals surface area contributed by atoms with Crippen LogP contribution >= 0.6 is 23.2 Å². The van der Waals surface area contributed by atoms with Crippen molar-refractivity contribution >= 4 is 45.8 Å². The van der Waals surface area contributed by atoms with Crippen molar-refractivity contribution in [1.82, 2.24) is 10.2 Å². The number of carbonyl (C=O) groups is 2. The van der Waals surface area contributed by atoms with E-state index in [1.165, 1.54) is 4.90 Å². The van der Waals surface area contributed by atoms with Crippen LogP contribution in [0.2, 0.25) is 10.0 Å². The van der Waals surface area contributed by atoms with Gasteiger partial charge in [0.05, 0.1) is 10.0 Å². The van der Waals surface area contributed by atoms with Gasteiger partial charge in [0, 0.05) is 18.0 Å². The van der Waals surface area contributed by atoms with Crippen molar-refractivity contribution in [2.24, 2.45) is 0 Å². The third kappa shape index (κ3) is 6.40. The van der Waals surface area contributed by atoms with E-state index in [-0.39, 0.29) is 31.0 Å². The second-order valence-corrected chi connectivity index (χ2v) is 8.84. The first-order valence-corrected chi connectivity index (χ1v) is 11.7. The highest BCUT2D eigenvalue weighted by atomic mass is 35.5. The highest BCUT2D eigenvalue weighted by Gasteiger charge is 2.27. The van der Waals surface area contributed by atoms with Crippen LogP contribution < -0.4 is 10.1 Å². The van der Waals surface area contributed by atoms with E-state index in [1.54, 1.807) is 25.1 Å². The minimum absolute atomic E-state index is 0.00816. The summed E-state index contributed by atoms with van der Waals surface area (Å²) >= 11 is 12.2. The van der Waals surface area contributed by atoms with Crippen molar-refractivity contribution in [3.05, 3.63) is 76.3 Å². The Balaban J connectivity index is 1.81. The summed E-state index contributed by atoms with van der Waals surface area (Å²) in [4.78, 5) is 27.6. The summed E-state index contributed by atoms with van der Waals surface area (Å²) in [6.45, 7) is 5.64. The van der Waals surface area contributed by atoms with E-state index in [4.69, 9.17) is 27.9 Å². The Labute approximate surface area is 204 Å². The van der Waals surface area contributed by atoms with Gasteiger partial charge in [0.15, 0.2) is 6.61 Å². The smallest absolute Gasteiger partial charge is 0.261 e. The number of carbonyl (C=O) groups excluding carboxylic acids is 2. The molecule has 0 aromatic heterocycles. The molecule has 0 heterocycles. The Bertz CT molecular complexity index is 1130. The van der Waals surface area contributed by atoms with Crippen molar-refractivity contribution in [2.75, 3.05) is 6.61 Å². The van der Waals surface area contributed by atoms with Gasteiger partial charge in [-0.2, -0.15) is 0 Å². The van der Waals surface area contributed by atoms with Gasteiger partial charge in [-0.05, 0) is 49.4 Å². The summed E-state index contributed by atoms with van der Waals surface area (Å²) in [6.07, 6.45) is 0.795. The number of fused-ring (bicyclic) bond motifs is 1. The fourth-order valence-electron chi connectivity index (χ4n) is 3.43. The van der Waals surface area contributed by atoms with E-state index in [9.17, 15) is 9.59 Å². The number of halogens is 2. The summed E-state index contributed by atoms with van der Waals surface area (Å²) in [5, 5.41) is 5.72. The number of hydrogen-bond donors (Lipinski definition) is 1. The number of ether oxygens (including phenoxy) is 1. The lowest BCUT2D eigenvalue weighted by Gasteiger charge is -2.29. The first-order valence-electron chi connectivity index (χ1n) is 10.9. The van der Waals surface area contributed by atoms with Gasteiger partial charge in [-0.3, -0.25) is 9.59 Å². The quantitative estimate of drug-likeness (QED) is 0.412. The van der Waals surface area contributed by atoms with Gasteiger partial charge in [0.1, 0.15) is 11.8 Å².